The zero-order chi connectivity index (χ0) is 19.4. The lowest BCUT2D eigenvalue weighted by Gasteiger charge is -2.41. The number of carbonyl (C=O) groups excluding carboxylic acids is 2. The van der Waals surface area contributed by atoms with Gasteiger partial charge in [0.2, 0.25) is 0 Å². The average Bonchev–Trinajstić information content (AvgIpc) is 3.15. The first kappa shape index (κ1) is 20.1. The van der Waals surface area contributed by atoms with Crippen LogP contribution in [0.5, 0.6) is 0 Å². The molecule has 0 spiro atoms. The second-order valence-corrected chi connectivity index (χ2v) is 9.11. The van der Waals surface area contributed by atoms with E-state index in [2.05, 4.69) is 10.3 Å². The summed E-state index contributed by atoms with van der Waals surface area (Å²) in [6.07, 6.45) is 4.80. The predicted molar refractivity (Wildman–Crippen MR) is 103 cm³/mol. The molecule has 0 bridgehead atoms. The molecule has 150 valence electrons. The number of nitrogens with zero attached hydrogens (tertiary/aromatic N) is 2. The van der Waals surface area contributed by atoms with Crippen LogP contribution in [-0.4, -0.2) is 59.3 Å². The second-order valence-electron chi connectivity index (χ2n) is 8.23. The maximum atomic E-state index is 12.5. The number of rotatable bonds is 3. The molecular formula is C19H29N3O4S. The van der Waals surface area contributed by atoms with Crippen molar-refractivity contribution in [2.45, 2.75) is 64.2 Å². The van der Waals surface area contributed by atoms with Crippen LogP contribution in [0, 0.1) is 5.92 Å². The number of thiazole rings is 1. The third-order valence-electron chi connectivity index (χ3n) is 5.00. The molecule has 2 atom stereocenters. The van der Waals surface area contributed by atoms with Gasteiger partial charge in [0.05, 0.1) is 23.9 Å². The van der Waals surface area contributed by atoms with Gasteiger partial charge >= 0.3 is 6.09 Å². The van der Waals surface area contributed by atoms with Gasteiger partial charge in [-0.3, -0.25) is 9.78 Å². The summed E-state index contributed by atoms with van der Waals surface area (Å²) >= 11 is 1.38. The summed E-state index contributed by atoms with van der Waals surface area (Å²) in [6.45, 7) is 7.71. The highest BCUT2D eigenvalue weighted by Crippen LogP contribution is 2.30. The average molecular weight is 396 g/mol. The van der Waals surface area contributed by atoms with E-state index < -0.39 is 5.60 Å². The number of nitrogens with one attached hydrogen (secondary N) is 1. The van der Waals surface area contributed by atoms with Crippen LogP contribution in [0.2, 0.25) is 0 Å². The summed E-state index contributed by atoms with van der Waals surface area (Å²) in [6, 6.07) is -0.0395. The third-order valence-corrected chi connectivity index (χ3v) is 5.76. The van der Waals surface area contributed by atoms with E-state index in [9.17, 15) is 9.59 Å². The van der Waals surface area contributed by atoms with Crippen LogP contribution >= 0.6 is 11.3 Å². The maximum Gasteiger partial charge on any atom is 0.407 e. The molecular weight excluding hydrogens is 366 g/mol. The molecule has 2 unspecified atom stereocenters. The number of carbonyl (C=O) groups is 2. The minimum absolute atomic E-state index is 0.0214. The molecule has 1 N–H and O–H groups in total. The molecule has 0 saturated carbocycles. The molecule has 1 aromatic heterocycles. The van der Waals surface area contributed by atoms with Crippen molar-refractivity contribution in [3.63, 3.8) is 0 Å². The largest absolute Gasteiger partial charge is 0.444 e. The highest BCUT2D eigenvalue weighted by Gasteiger charge is 2.37. The van der Waals surface area contributed by atoms with Gasteiger partial charge in [-0.25, -0.2) is 4.79 Å². The summed E-state index contributed by atoms with van der Waals surface area (Å²) in [5.41, 5.74) is 1.17. The monoisotopic (exact) mass is 395 g/mol. The van der Waals surface area contributed by atoms with Crippen molar-refractivity contribution in [2.24, 2.45) is 5.92 Å². The van der Waals surface area contributed by atoms with E-state index in [1.54, 1.807) is 11.7 Å². The molecule has 2 aliphatic rings. The smallest absolute Gasteiger partial charge is 0.407 e. The van der Waals surface area contributed by atoms with Crippen molar-refractivity contribution in [3.8, 4) is 0 Å². The molecule has 0 aliphatic carbocycles. The van der Waals surface area contributed by atoms with Crippen LogP contribution in [0.1, 0.15) is 56.1 Å². The van der Waals surface area contributed by atoms with Crippen molar-refractivity contribution in [1.29, 1.82) is 0 Å². The number of piperidine rings is 1. The van der Waals surface area contributed by atoms with Gasteiger partial charge in [0.1, 0.15) is 10.5 Å². The van der Waals surface area contributed by atoms with Gasteiger partial charge < -0.3 is 19.7 Å². The highest BCUT2D eigenvalue weighted by atomic mass is 32.1. The van der Waals surface area contributed by atoms with Gasteiger partial charge in [0.25, 0.3) is 5.91 Å². The van der Waals surface area contributed by atoms with E-state index in [0.717, 1.165) is 32.3 Å². The first-order chi connectivity index (χ1) is 12.8. The van der Waals surface area contributed by atoms with E-state index in [-0.39, 0.29) is 24.1 Å². The summed E-state index contributed by atoms with van der Waals surface area (Å²) in [5, 5.41) is 3.01. The summed E-state index contributed by atoms with van der Waals surface area (Å²) < 4.78 is 11.5. The van der Waals surface area contributed by atoms with Crippen LogP contribution in [-0.2, 0) is 9.47 Å². The molecule has 0 radical (unpaired) electrons. The Bertz CT molecular complexity index is 636. The summed E-state index contributed by atoms with van der Waals surface area (Å²) in [4.78, 5) is 31.2. The zero-order valence-electron chi connectivity index (χ0n) is 16.3. The Morgan fingerprint density at radius 1 is 1.30 bits per heavy atom. The number of alkyl carbamates (subject to hydrolysis) is 1. The van der Waals surface area contributed by atoms with Gasteiger partial charge in [-0.05, 0) is 52.4 Å². The summed E-state index contributed by atoms with van der Waals surface area (Å²) in [7, 11) is 0. The van der Waals surface area contributed by atoms with Gasteiger partial charge in [0, 0.05) is 19.7 Å². The van der Waals surface area contributed by atoms with Crippen molar-refractivity contribution in [3.05, 3.63) is 16.6 Å². The number of aromatic nitrogens is 1. The Labute approximate surface area is 164 Å². The van der Waals surface area contributed by atoms with Crippen LogP contribution < -0.4 is 5.32 Å². The van der Waals surface area contributed by atoms with Gasteiger partial charge in [-0.15, -0.1) is 11.3 Å². The fourth-order valence-electron chi connectivity index (χ4n) is 3.79. The summed E-state index contributed by atoms with van der Waals surface area (Å²) in [5.74, 6) is 0.389. The van der Waals surface area contributed by atoms with Gasteiger partial charge in [-0.2, -0.15) is 0 Å². The maximum absolute atomic E-state index is 12.5. The highest BCUT2D eigenvalue weighted by molar-refractivity contribution is 7.11. The molecule has 27 heavy (non-hydrogen) atoms. The topological polar surface area (TPSA) is 80.8 Å². The lowest BCUT2D eigenvalue weighted by Crippen LogP contribution is -2.53. The molecule has 7 nitrogen and oxygen atoms in total. The van der Waals surface area contributed by atoms with Gasteiger partial charge in [0.15, 0.2) is 0 Å². The first-order valence-electron chi connectivity index (χ1n) is 9.62. The Morgan fingerprint density at radius 3 is 2.67 bits per heavy atom. The van der Waals surface area contributed by atoms with Crippen molar-refractivity contribution < 1.29 is 19.1 Å². The van der Waals surface area contributed by atoms with Crippen molar-refractivity contribution in [2.75, 3.05) is 19.7 Å². The SMILES string of the molecule is CC(C)(C)OC(=O)NC1CCCOC1C1CCN(C(=O)c2cncs2)CC1. The lowest BCUT2D eigenvalue weighted by atomic mass is 9.84. The van der Waals surface area contributed by atoms with E-state index in [4.69, 9.17) is 9.47 Å². The lowest BCUT2D eigenvalue weighted by molar-refractivity contribution is -0.0578. The van der Waals surface area contributed by atoms with E-state index in [0.29, 0.717) is 23.9 Å². The zero-order valence-corrected chi connectivity index (χ0v) is 17.1. The number of ether oxygens (including phenoxy) is 2. The molecule has 0 aromatic carbocycles. The molecule has 3 rings (SSSR count). The van der Waals surface area contributed by atoms with E-state index in [1.165, 1.54) is 11.3 Å². The van der Waals surface area contributed by atoms with Crippen molar-refractivity contribution >= 4 is 23.3 Å². The number of amides is 2. The Hall–Kier alpha value is -1.67. The molecule has 3 heterocycles. The molecule has 2 amide bonds. The molecule has 2 saturated heterocycles. The van der Waals surface area contributed by atoms with Crippen LogP contribution in [0.4, 0.5) is 4.79 Å². The quantitative estimate of drug-likeness (QED) is 0.851. The Balaban J connectivity index is 1.55. The van der Waals surface area contributed by atoms with Crippen LogP contribution in [0.15, 0.2) is 11.7 Å². The Kier molecular flexibility index (Phi) is 6.37. The molecule has 1 aromatic rings. The second kappa shape index (κ2) is 8.56. The Morgan fingerprint density at radius 2 is 2.04 bits per heavy atom. The van der Waals surface area contributed by atoms with Gasteiger partial charge in [-0.1, -0.05) is 0 Å². The van der Waals surface area contributed by atoms with E-state index >= 15 is 0 Å². The fraction of sp³-hybridized carbons (Fsp3) is 0.737. The minimum atomic E-state index is -0.516. The fourth-order valence-corrected chi connectivity index (χ4v) is 4.38. The predicted octanol–water partition coefficient (Wildman–Crippen LogP) is 3.07. The third kappa shape index (κ3) is 5.42. The standard InChI is InChI=1S/C19H29N3O4S/c1-19(2,3)26-18(24)21-14-5-4-10-25-16(14)13-6-8-22(9-7-13)17(23)15-11-20-12-27-15/h11-14,16H,4-10H2,1-3H3,(H,21,24). The van der Waals surface area contributed by atoms with Crippen LogP contribution in [0.25, 0.3) is 0 Å². The first-order valence-corrected chi connectivity index (χ1v) is 10.5. The number of hydrogen-bond acceptors (Lipinski definition) is 6. The number of hydrogen-bond donors (Lipinski definition) is 1. The molecule has 8 heteroatoms. The van der Waals surface area contributed by atoms with E-state index in [1.807, 2.05) is 25.7 Å². The number of likely N-dealkylation sites (tertiary alicyclic amines) is 1. The van der Waals surface area contributed by atoms with Crippen LogP contribution in [0.3, 0.4) is 0 Å². The normalized spacial score (nSPS) is 24.5. The molecule has 2 aliphatic heterocycles. The molecule has 2 fully saturated rings. The van der Waals surface area contributed by atoms with Crippen molar-refractivity contribution in [1.82, 2.24) is 15.2 Å². The minimum Gasteiger partial charge on any atom is -0.444 e.